The Bertz CT molecular complexity index is 480. The van der Waals surface area contributed by atoms with Gasteiger partial charge in [-0.15, -0.1) is 0 Å². The second kappa shape index (κ2) is 6.11. The summed E-state index contributed by atoms with van der Waals surface area (Å²) in [5.74, 6) is 1.34. The largest absolute Gasteiger partial charge is 0.382 e. The molecule has 0 aliphatic heterocycles. The highest BCUT2D eigenvalue weighted by Gasteiger charge is 2.26. The molecular formula is C15H23N3O2. The molecule has 2 N–H and O–H groups in total. The van der Waals surface area contributed by atoms with Crippen LogP contribution in [0.1, 0.15) is 33.1 Å². The molecule has 1 aromatic rings. The van der Waals surface area contributed by atoms with Gasteiger partial charge in [0, 0.05) is 13.1 Å². The minimum absolute atomic E-state index is 0.140. The van der Waals surface area contributed by atoms with Crippen LogP contribution in [0.2, 0.25) is 0 Å². The molecule has 20 heavy (non-hydrogen) atoms. The molecule has 2 atom stereocenters. The lowest BCUT2D eigenvalue weighted by Gasteiger charge is -2.32. The van der Waals surface area contributed by atoms with E-state index in [0.717, 1.165) is 12.8 Å². The summed E-state index contributed by atoms with van der Waals surface area (Å²) < 4.78 is 0. The van der Waals surface area contributed by atoms with Crippen molar-refractivity contribution in [2.75, 3.05) is 17.7 Å². The lowest BCUT2D eigenvalue weighted by molar-refractivity contribution is -0.383. The average Bonchev–Trinajstić information content (AvgIpc) is 2.36. The van der Waals surface area contributed by atoms with Gasteiger partial charge in [-0.05, 0) is 43.2 Å². The third-order valence-electron chi connectivity index (χ3n) is 4.03. The highest BCUT2D eigenvalue weighted by Crippen LogP contribution is 2.36. The first-order chi connectivity index (χ1) is 9.51. The highest BCUT2D eigenvalue weighted by molar-refractivity contribution is 5.76. The van der Waals surface area contributed by atoms with Gasteiger partial charge >= 0.3 is 5.69 Å². The molecule has 0 saturated heterocycles. The zero-order valence-corrected chi connectivity index (χ0v) is 12.3. The van der Waals surface area contributed by atoms with Crippen molar-refractivity contribution in [1.82, 2.24) is 0 Å². The summed E-state index contributed by atoms with van der Waals surface area (Å²) in [5, 5.41) is 17.6. The summed E-state index contributed by atoms with van der Waals surface area (Å²) in [5.41, 5.74) is 1.31. The van der Waals surface area contributed by atoms with Crippen LogP contribution >= 0.6 is 0 Å². The average molecular weight is 277 g/mol. The Labute approximate surface area is 119 Å². The van der Waals surface area contributed by atoms with Crippen LogP contribution in [0.5, 0.6) is 0 Å². The minimum atomic E-state index is -0.316. The van der Waals surface area contributed by atoms with Gasteiger partial charge in [0.1, 0.15) is 11.4 Å². The van der Waals surface area contributed by atoms with Crippen molar-refractivity contribution in [3.8, 4) is 0 Å². The van der Waals surface area contributed by atoms with E-state index >= 15 is 0 Å². The Morgan fingerprint density at radius 1 is 1.15 bits per heavy atom. The molecule has 0 amide bonds. The molecule has 0 spiro atoms. The van der Waals surface area contributed by atoms with Gasteiger partial charge in [0.05, 0.1) is 4.92 Å². The Morgan fingerprint density at radius 3 is 2.30 bits per heavy atom. The molecule has 1 saturated carbocycles. The number of rotatable bonds is 4. The van der Waals surface area contributed by atoms with Gasteiger partial charge in [-0.2, -0.15) is 0 Å². The third-order valence-corrected chi connectivity index (χ3v) is 4.03. The summed E-state index contributed by atoms with van der Waals surface area (Å²) in [6.45, 7) is 4.51. The third kappa shape index (κ3) is 3.21. The molecule has 1 aliphatic carbocycles. The Hall–Kier alpha value is -1.78. The first kappa shape index (κ1) is 14.6. The number of nitro benzene ring substituents is 1. The number of benzene rings is 1. The van der Waals surface area contributed by atoms with Crippen LogP contribution in [0.25, 0.3) is 0 Å². The van der Waals surface area contributed by atoms with Gasteiger partial charge in [-0.3, -0.25) is 10.1 Å². The summed E-state index contributed by atoms with van der Waals surface area (Å²) in [6, 6.07) is 5.69. The molecule has 5 nitrogen and oxygen atoms in total. The highest BCUT2D eigenvalue weighted by atomic mass is 16.6. The molecule has 110 valence electrons. The Morgan fingerprint density at radius 2 is 1.75 bits per heavy atom. The van der Waals surface area contributed by atoms with Gasteiger partial charge in [0.2, 0.25) is 0 Å². The van der Waals surface area contributed by atoms with E-state index in [9.17, 15) is 10.1 Å². The summed E-state index contributed by atoms with van der Waals surface area (Å²) >= 11 is 0. The molecule has 0 radical (unpaired) electrons. The van der Waals surface area contributed by atoms with Crippen molar-refractivity contribution < 1.29 is 4.92 Å². The topological polar surface area (TPSA) is 67.2 Å². The Kier molecular flexibility index (Phi) is 4.47. The Balaban J connectivity index is 2.22. The molecule has 1 fully saturated rings. The van der Waals surface area contributed by atoms with Gasteiger partial charge in [0.25, 0.3) is 0 Å². The fourth-order valence-electron chi connectivity index (χ4n) is 3.34. The molecule has 0 aromatic heterocycles. The molecule has 2 unspecified atom stereocenters. The normalized spacial score (nSPS) is 26.1. The van der Waals surface area contributed by atoms with Crippen molar-refractivity contribution in [2.24, 2.45) is 11.8 Å². The first-order valence-corrected chi connectivity index (χ1v) is 7.23. The first-order valence-electron chi connectivity index (χ1n) is 7.23. The molecule has 1 aromatic carbocycles. The van der Waals surface area contributed by atoms with E-state index in [-0.39, 0.29) is 10.6 Å². The van der Waals surface area contributed by atoms with Gasteiger partial charge in [0.15, 0.2) is 0 Å². The van der Waals surface area contributed by atoms with Crippen molar-refractivity contribution in [3.63, 3.8) is 0 Å². The smallest absolute Gasteiger partial charge is 0.315 e. The number of anilines is 2. The number of nitrogens with zero attached hydrogens (tertiary/aromatic N) is 1. The van der Waals surface area contributed by atoms with Crippen molar-refractivity contribution in [2.45, 2.75) is 39.2 Å². The van der Waals surface area contributed by atoms with Crippen molar-refractivity contribution >= 4 is 17.1 Å². The quantitative estimate of drug-likeness (QED) is 0.647. The van der Waals surface area contributed by atoms with Crippen LogP contribution in [0, 0.1) is 22.0 Å². The van der Waals surface area contributed by atoms with E-state index in [1.165, 1.54) is 6.42 Å². The van der Waals surface area contributed by atoms with E-state index in [0.29, 0.717) is 29.3 Å². The standard InChI is InChI=1S/C15H23N3O2/c1-10-7-11(2)9-12(8-10)17-14-6-4-5-13(16-3)15(14)18(19)20/h4-6,10-12,16-17H,7-9H2,1-3H3. The van der Waals surface area contributed by atoms with Gasteiger partial charge < -0.3 is 10.6 Å². The second-order valence-corrected chi connectivity index (χ2v) is 5.97. The van der Waals surface area contributed by atoms with Crippen LogP contribution in [-0.4, -0.2) is 18.0 Å². The van der Waals surface area contributed by atoms with E-state index in [4.69, 9.17) is 0 Å². The van der Waals surface area contributed by atoms with E-state index < -0.39 is 0 Å². The number of nitro groups is 1. The van der Waals surface area contributed by atoms with Crippen LogP contribution in [0.15, 0.2) is 18.2 Å². The lowest BCUT2D eigenvalue weighted by Crippen LogP contribution is -2.30. The van der Waals surface area contributed by atoms with Crippen LogP contribution in [0.4, 0.5) is 17.1 Å². The number of nitrogens with one attached hydrogen (secondary N) is 2. The minimum Gasteiger partial charge on any atom is -0.382 e. The number of hydrogen-bond acceptors (Lipinski definition) is 4. The van der Waals surface area contributed by atoms with E-state index in [2.05, 4.69) is 24.5 Å². The number of para-hydroxylation sites is 1. The predicted octanol–water partition coefficient (Wildman–Crippen LogP) is 3.87. The van der Waals surface area contributed by atoms with Crippen LogP contribution < -0.4 is 10.6 Å². The monoisotopic (exact) mass is 277 g/mol. The van der Waals surface area contributed by atoms with Crippen LogP contribution in [-0.2, 0) is 0 Å². The van der Waals surface area contributed by atoms with Crippen molar-refractivity contribution in [3.05, 3.63) is 28.3 Å². The molecule has 1 aliphatic rings. The maximum absolute atomic E-state index is 11.3. The van der Waals surface area contributed by atoms with Gasteiger partial charge in [-0.1, -0.05) is 19.9 Å². The molecular weight excluding hydrogens is 254 g/mol. The fraction of sp³-hybridized carbons (Fsp3) is 0.600. The van der Waals surface area contributed by atoms with Gasteiger partial charge in [-0.25, -0.2) is 0 Å². The molecule has 2 rings (SSSR count). The van der Waals surface area contributed by atoms with E-state index in [1.807, 2.05) is 6.07 Å². The van der Waals surface area contributed by atoms with E-state index in [1.54, 1.807) is 19.2 Å². The number of hydrogen-bond donors (Lipinski definition) is 2. The maximum atomic E-state index is 11.3. The molecule has 0 bridgehead atoms. The predicted molar refractivity (Wildman–Crippen MR) is 82.2 cm³/mol. The van der Waals surface area contributed by atoms with Crippen LogP contribution in [0.3, 0.4) is 0 Å². The summed E-state index contributed by atoms with van der Waals surface area (Å²) in [7, 11) is 1.71. The molecule has 0 heterocycles. The van der Waals surface area contributed by atoms with Crippen molar-refractivity contribution in [1.29, 1.82) is 0 Å². The SMILES string of the molecule is CNc1cccc(NC2CC(C)CC(C)C2)c1[N+](=O)[O-]. The maximum Gasteiger partial charge on any atom is 0.315 e. The zero-order chi connectivity index (χ0) is 14.7. The lowest BCUT2D eigenvalue weighted by atomic mass is 9.80. The second-order valence-electron chi connectivity index (χ2n) is 5.97. The molecule has 5 heteroatoms. The summed E-state index contributed by atoms with van der Waals surface area (Å²) in [6.07, 6.45) is 3.40. The summed E-state index contributed by atoms with van der Waals surface area (Å²) in [4.78, 5) is 11.0. The zero-order valence-electron chi connectivity index (χ0n) is 12.3. The fourth-order valence-corrected chi connectivity index (χ4v) is 3.34.